The Bertz CT molecular complexity index is 654. The van der Waals surface area contributed by atoms with Crippen molar-refractivity contribution in [2.45, 2.75) is 26.3 Å². The van der Waals surface area contributed by atoms with Gasteiger partial charge in [0.1, 0.15) is 4.88 Å². The first-order valence-corrected chi connectivity index (χ1v) is 8.02. The van der Waals surface area contributed by atoms with Gasteiger partial charge in [-0.25, -0.2) is 0 Å². The van der Waals surface area contributed by atoms with Crippen LogP contribution in [0.15, 0.2) is 18.2 Å². The third kappa shape index (κ3) is 3.48. The second-order valence-electron chi connectivity index (χ2n) is 5.32. The van der Waals surface area contributed by atoms with Crippen LogP contribution in [0.25, 0.3) is 10.1 Å². The molecule has 0 spiro atoms. The lowest BCUT2D eigenvalue weighted by Gasteiger charge is -2.21. The Morgan fingerprint density at radius 2 is 2.19 bits per heavy atom. The standard InChI is InChI=1S/C15H19ClN2O2S/c1-8(2)11(5-6-19)18-15(20)14-13(17)10-7-9(16)3-4-12(10)21-14/h3-4,7-8,11,19H,5-6,17H2,1-2H3,(H,18,20). The maximum atomic E-state index is 12.4. The predicted molar refractivity (Wildman–Crippen MR) is 89.0 cm³/mol. The molecule has 2 rings (SSSR count). The van der Waals surface area contributed by atoms with Crippen molar-refractivity contribution in [2.24, 2.45) is 5.92 Å². The Hall–Kier alpha value is -1.30. The van der Waals surface area contributed by atoms with E-state index in [1.54, 1.807) is 12.1 Å². The summed E-state index contributed by atoms with van der Waals surface area (Å²) in [7, 11) is 0. The molecule has 4 N–H and O–H groups in total. The summed E-state index contributed by atoms with van der Waals surface area (Å²) in [5.41, 5.74) is 6.54. The lowest BCUT2D eigenvalue weighted by Crippen LogP contribution is -2.39. The van der Waals surface area contributed by atoms with Gasteiger partial charge in [0.25, 0.3) is 5.91 Å². The molecule has 0 bridgehead atoms. The maximum absolute atomic E-state index is 12.4. The summed E-state index contributed by atoms with van der Waals surface area (Å²) in [4.78, 5) is 12.9. The fourth-order valence-corrected chi connectivity index (χ4v) is 3.38. The van der Waals surface area contributed by atoms with Gasteiger partial charge in [-0.05, 0) is 30.5 Å². The molecule has 1 aromatic heterocycles. The highest BCUT2D eigenvalue weighted by Gasteiger charge is 2.21. The lowest BCUT2D eigenvalue weighted by atomic mass is 10.0. The molecule has 0 aliphatic rings. The number of carbonyl (C=O) groups excluding carboxylic acids is 1. The van der Waals surface area contributed by atoms with Gasteiger partial charge in [-0.1, -0.05) is 25.4 Å². The van der Waals surface area contributed by atoms with Gasteiger partial charge >= 0.3 is 0 Å². The second kappa shape index (κ2) is 6.64. The van der Waals surface area contributed by atoms with Crippen LogP contribution in [0.1, 0.15) is 29.9 Å². The monoisotopic (exact) mass is 326 g/mol. The number of fused-ring (bicyclic) bond motifs is 1. The van der Waals surface area contributed by atoms with Crippen molar-refractivity contribution in [3.8, 4) is 0 Å². The van der Waals surface area contributed by atoms with E-state index in [9.17, 15) is 4.79 Å². The maximum Gasteiger partial charge on any atom is 0.263 e. The topological polar surface area (TPSA) is 75.3 Å². The van der Waals surface area contributed by atoms with Crippen LogP contribution in [0, 0.1) is 5.92 Å². The first kappa shape index (κ1) is 16.1. The van der Waals surface area contributed by atoms with Gasteiger partial charge in [0, 0.05) is 27.8 Å². The molecule has 1 heterocycles. The normalized spacial score (nSPS) is 12.8. The molecule has 1 atom stereocenters. The van der Waals surface area contributed by atoms with Crippen molar-refractivity contribution in [2.75, 3.05) is 12.3 Å². The van der Waals surface area contributed by atoms with Gasteiger partial charge < -0.3 is 16.2 Å². The number of halogens is 1. The minimum atomic E-state index is -0.197. The number of carbonyl (C=O) groups is 1. The van der Waals surface area contributed by atoms with E-state index in [0.29, 0.717) is 22.0 Å². The van der Waals surface area contributed by atoms with Crippen molar-refractivity contribution in [3.05, 3.63) is 28.1 Å². The van der Waals surface area contributed by atoms with Crippen LogP contribution in [0.5, 0.6) is 0 Å². The number of thiophene rings is 1. The van der Waals surface area contributed by atoms with Crippen LogP contribution < -0.4 is 11.1 Å². The Labute approximate surface area is 132 Å². The molecule has 1 aromatic carbocycles. The second-order valence-corrected chi connectivity index (χ2v) is 6.81. The van der Waals surface area contributed by atoms with Gasteiger partial charge in [0.2, 0.25) is 0 Å². The van der Waals surface area contributed by atoms with E-state index in [2.05, 4.69) is 5.32 Å². The number of aliphatic hydroxyl groups is 1. The van der Waals surface area contributed by atoms with Crippen molar-refractivity contribution < 1.29 is 9.90 Å². The number of benzene rings is 1. The Kier molecular flexibility index (Phi) is 5.08. The molecule has 0 aliphatic carbocycles. The van der Waals surface area contributed by atoms with Gasteiger partial charge in [-0.3, -0.25) is 4.79 Å². The smallest absolute Gasteiger partial charge is 0.263 e. The number of amides is 1. The van der Waals surface area contributed by atoms with Gasteiger partial charge in [-0.15, -0.1) is 11.3 Å². The first-order valence-electron chi connectivity index (χ1n) is 6.83. The van der Waals surface area contributed by atoms with E-state index < -0.39 is 0 Å². The summed E-state index contributed by atoms with van der Waals surface area (Å²) in [5.74, 6) is 0.0446. The molecular formula is C15H19ClN2O2S. The van der Waals surface area contributed by atoms with Crippen molar-refractivity contribution in [3.63, 3.8) is 0 Å². The number of rotatable bonds is 5. The predicted octanol–water partition coefficient (Wildman–Crippen LogP) is 3.27. The molecule has 114 valence electrons. The fourth-order valence-electron chi connectivity index (χ4n) is 2.20. The van der Waals surface area contributed by atoms with Gasteiger partial charge in [-0.2, -0.15) is 0 Å². The van der Waals surface area contributed by atoms with Crippen LogP contribution in [0.2, 0.25) is 5.02 Å². The quantitative estimate of drug-likeness (QED) is 0.789. The average molecular weight is 327 g/mol. The van der Waals surface area contributed by atoms with Crippen LogP contribution >= 0.6 is 22.9 Å². The number of nitrogens with two attached hydrogens (primary N) is 1. The number of nitrogen functional groups attached to an aromatic ring is 1. The summed E-state index contributed by atoms with van der Waals surface area (Å²) in [5, 5.41) is 13.4. The molecule has 0 radical (unpaired) electrons. The largest absolute Gasteiger partial charge is 0.397 e. The van der Waals surface area contributed by atoms with Crippen LogP contribution in [0.3, 0.4) is 0 Å². The molecule has 0 aliphatic heterocycles. The molecule has 0 saturated carbocycles. The highest BCUT2D eigenvalue weighted by atomic mass is 35.5. The molecule has 4 nitrogen and oxygen atoms in total. The van der Waals surface area contributed by atoms with Crippen molar-refractivity contribution in [1.82, 2.24) is 5.32 Å². The van der Waals surface area contributed by atoms with E-state index in [1.807, 2.05) is 19.9 Å². The molecule has 0 fully saturated rings. The summed E-state index contributed by atoms with van der Waals surface area (Å²) < 4.78 is 0.935. The first-order chi connectivity index (χ1) is 9.93. The third-order valence-corrected chi connectivity index (χ3v) is 4.88. The SMILES string of the molecule is CC(C)C(CCO)NC(=O)c1sc2ccc(Cl)cc2c1N. The minimum absolute atomic E-state index is 0.0423. The molecular weight excluding hydrogens is 308 g/mol. The van der Waals surface area contributed by atoms with E-state index >= 15 is 0 Å². The number of aliphatic hydroxyl groups excluding tert-OH is 1. The summed E-state index contributed by atoms with van der Waals surface area (Å²) in [6.45, 7) is 4.06. The fraction of sp³-hybridized carbons (Fsp3) is 0.400. The average Bonchev–Trinajstić information content (AvgIpc) is 2.75. The summed E-state index contributed by atoms with van der Waals surface area (Å²) in [6.07, 6.45) is 0.528. The van der Waals surface area contributed by atoms with Crippen molar-refractivity contribution >= 4 is 44.6 Å². The van der Waals surface area contributed by atoms with E-state index in [-0.39, 0.29) is 24.5 Å². The highest BCUT2D eigenvalue weighted by molar-refractivity contribution is 7.21. The molecule has 6 heteroatoms. The number of hydrogen-bond donors (Lipinski definition) is 3. The molecule has 1 amide bonds. The van der Waals surface area contributed by atoms with E-state index in [4.69, 9.17) is 22.4 Å². The third-order valence-electron chi connectivity index (χ3n) is 3.46. The van der Waals surface area contributed by atoms with E-state index in [0.717, 1.165) is 10.1 Å². The summed E-state index contributed by atoms with van der Waals surface area (Å²) >= 11 is 7.32. The van der Waals surface area contributed by atoms with Gasteiger partial charge in [0.05, 0.1) is 5.69 Å². The Morgan fingerprint density at radius 3 is 2.81 bits per heavy atom. The zero-order valence-electron chi connectivity index (χ0n) is 12.0. The number of hydrogen-bond acceptors (Lipinski definition) is 4. The molecule has 0 saturated heterocycles. The van der Waals surface area contributed by atoms with Crippen LogP contribution in [0.4, 0.5) is 5.69 Å². The zero-order valence-corrected chi connectivity index (χ0v) is 13.6. The minimum Gasteiger partial charge on any atom is -0.397 e. The van der Waals surface area contributed by atoms with Gasteiger partial charge in [0.15, 0.2) is 0 Å². The Balaban J connectivity index is 2.29. The number of anilines is 1. The van der Waals surface area contributed by atoms with Crippen LogP contribution in [-0.4, -0.2) is 23.7 Å². The van der Waals surface area contributed by atoms with Crippen molar-refractivity contribution in [1.29, 1.82) is 0 Å². The summed E-state index contributed by atoms with van der Waals surface area (Å²) in [6, 6.07) is 5.34. The highest BCUT2D eigenvalue weighted by Crippen LogP contribution is 2.35. The van der Waals surface area contributed by atoms with Crippen LogP contribution in [-0.2, 0) is 0 Å². The molecule has 1 unspecified atom stereocenters. The number of nitrogens with one attached hydrogen (secondary N) is 1. The van der Waals surface area contributed by atoms with E-state index in [1.165, 1.54) is 11.3 Å². The molecule has 21 heavy (non-hydrogen) atoms. The zero-order chi connectivity index (χ0) is 15.6. The Morgan fingerprint density at radius 1 is 1.48 bits per heavy atom. The molecule has 2 aromatic rings. The lowest BCUT2D eigenvalue weighted by molar-refractivity contribution is 0.0921.